The number of rotatable bonds is 2. The molecule has 1 heterocycles. The molecule has 0 unspecified atom stereocenters. The van der Waals surface area contributed by atoms with Crippen molar-refractivity contribution in [3.8, 4) is 0 Å². The summed E-state index contributed by atoms with van der Waals surface area (Å²) in [5.74, 6) is -0.823. The number of aryl methyl sites for hydroxylation is 1. The fourth-order valence-electron chi connectivity index (χ4n) is 2.65. The van der Waals surface area contributed by atoms with Crippen LogP contribution in [0, 0.1) is 0 Å². The number of carboxylic acid groups (broad SMARTS) is 1. The van der Waals surface area contributed by atoms with Crippen LogP contribution in [0.15, 0.2) is 36.4 Å². The van der Waals surface area contributed by atoms with E-state index in [1.165, 1.54) is 0 Å². The summed E-state index contributed by atoms with van der Waals surface area (Å²) >= 11 is 6.05. The standard InChI is InChI=1S/C15H12ClNO2/c1-17-13-6-5-10(16)8-12(13)11-4-2-3-9(15(11)17)7-14(18)19/h2-6,8H,7H2,1H3,(H,18,19). The van der Waals surface area contributed by atoms with E-state index >= 15 is 0 Å². The van der Waals surface area contributed by atoms with Gasteiger partial charge in [-0.15, -0.1) is 0 Å². The van der Waals surface area contributed by atoms with Crippen molar-refractivity contribution in [3.63, 3.8) is 0 Å². The first kappa shape index (κ1) is 12.1. The number of carboxylic acids is 1. The van der Waals surface area contributed by atoms with E-state index in [0.717, 1.165) is 27.4 Å². The van der Waals surface area contributed by atoms with E-state index in [9.17, 15) is 4.79 Å². The molecule has 0 fully saturated rings. The zero-order chi connectivity index (χ0) is 13.6. The van der Waals surface area contributed by atoms with E-state index in [1.54, 1.807) is 0 Å². The summed E-state index contributed by atoms with van der Waals surface area (Å²) in [6, 6.07) is 11.5. The fourth-order valence-corrected chi connectivity index (χ4v) is 2.82. The van der Waals surface area contributed by atoms with Gasteiger partial charge in [0, 0.05) is 28.4 Å². The number of aromatic nitrogens is 1. The number of aliphatic carboxylic acids is 1. The molecule has 0 atom stereocenters. The highest BCUT2D eigenvalue weighted by molar-refractivity contribution is 6.31. The lowest BCUT2D eigenvalue weighted by Gasteiger charge is -2.03. The summed E-state index contributed by atoms with van der Waals surface area (Å²) in [4.78, 5) is 11.0. The SMILES string of the molecule is Cn1c2ccc(Cl)cc2c2cccc(CC(=O)O)c21. The molecule has 3 rings (SSSR count). The summed E-state index contributed by atoms with van der Waals surface area (Å²) in [5, 5.41) is 11.8. The first-order valence-corrected chi connectivity index (χ1v) is 6.33. The predicted molar refractivity (Wildman–Crippen MR) is 76.8 cm³/mol. The Kier molecular flexibility index (Phi) is 2.72. The molecule has 3 aromatic rings. The Morgan fingerprint density at radius 3 is 2.79 bits per heavy atom. The van der Waals surface area contributed by atoms with Crippen LogP contribution in [0.4, 0.5) is 0 Å². The van der Waals surface area contributed by atoms with Crippen molar-refractivity contribution in [1.82, 2.24) is 4.57 Å². The van der Waals surface area contributed by atoms with Crippen molar-refractivity contribution >= 4 is 39.4 Å². The number of para-hydroxylation sites is 1. The number of carbonyl (C=O) groups is 1. The number of hydrogen-bond donors (Lipinski definition) is 1. The maximum Gasteiger partial charge on any atom is 0.307 e. The van der Waals surface area contributed by atoms with E-state index in [-0.39, 0.29) is 6.42 Å². The Morgan fingerprint density at radius 2 is 2.05 bits per heavy atom. The third-order valence-corrected chi connectivity index (χ3v) is 3.64. The highest BCUT2D eigenvalue weighted by atomic mass is 35.5. The molecule has 0 saturated carbocycles. The van der Waals surface area contributed by atoms with Gasteiger partial charge < -0.3 is 9.67 Å². The van der Waals surface area contributed by atoms with E-state index in [1.807, 2.05) is 48.0 Å². The van der Waals surface area contributed by atoms with Gasteiger partial charge in [-0.3, -0.25) is 4.79 Å². The second kappa shape index (κ2) is 4.28. The smallest absolute Gasteiger partial charge is 0.307 e. The quantitative estimate of drug-likeness (QED) is 0.775. The van der Waals surface area contributed by atoms with Crippen LogP contribution >= 0.6 is 11.6 Å². The number of hydrogen-bond acceptors (Lipinski definition) is 1. The van der Waals surface area contributed by atoms with Gasteiger partial charge in [0.15, 0.2) is 0 Å². The Hall–Kier alpha value is -2.00. The molecule has 0 aliphatic carbocycles. The zero-order valence-electron chi connectivity index (χ0n) is 10.4. The van der Waals surface area contributed by atoms with Gasteiger partial charge >= 0.3 is 5.97 Å². The molecule has 0 radical (unpaired) electrons. The highest BCUT2D eigenvalue weighted by Gasteiger charge is 2.13. The molecule has 2 aromatic carbocycles. The average molecular weight is 274 g/mol. The van der Waals surface area contributed by atoms with Crippen LogP contribution in [-0.4, -0.2) is 15.6 Å². The van der Waals surface area contributed by atoms with Crippen molar-refractivity contribution < 1.29 is 9.90 Å². The number of halogens is 1. The lowest BCUT2D eigenvalue weighted by Crippen LogP contribution is -2.02. The topological polar surface area (TPSA) is 42.2 Å². The molecular weight excluding hydrogens is 262 g/mol. The second-order valence-corrected chi connectivity index (χ2v) is 5.04. The van der Waals surface area contributed by atoms with Crippen LogP contribution < -0.4 is 0 Å². The Bertz CT molecular complexity index is 805. The molecule has 19 heavy (non-hydrogen) atoms. The number of fused-ring (bicyclic) bond motifs is 3. The molecule has 0 spiro atoms. The first-order valence-electron chi connectivity index (χ1n) is 5.95. The number of nitrogens with zero attached hydrogens (tertiary/aromatic N) is 1. The minimum atomic E-state index is -0.823. The summed E-state index contributed by atoms with van der Waals surface area (Å²) in [7, 11) is 1.95. The fraction of sp³-hybridized carbons (Fsp3) is 0.133. The largest absolute Gasteiger partial charge is 0.481 e. The molecule has 96 valence electrons. The van der Waals surface area contributed by atoms with E-state index in [4.69, 9.17) is 16.7 Å². The second-order valence-electron chi connectivity index (χ2n) is 4.60. The van der Waals surface area contributed by atoms with E-state index in [2.05, 4.69) is 0 Å². The molecule has 0 bridgehead atoms. The molecular formula is C15H12ClNO2. The molecule has 0 saturated heterocycles. The van der Waals surface area contributed by atoms with Gasteiger partial charge in [-0.2, -0.15) is 0 Å². The van der Waals surface area contributed by atoms with Gasteiger partial charge in [0.05, 0.1) is 11.9 Å². The van der Waals surface area contributed by atoms with Crippen LogP contribution in [0.25, 0.3) is 21.8 Å². The van der Waals surface area contributed by atoms with Crippen molar-refractivity contribution in [3.05, 3.63) is 47.0 Å². The Morgan fingerprint density at radius 1 is 1.26 bits per heavy atom. The van der Waals surface area contributed by atoms with Gasteiger partial charge in [0.25, 0.3) is 0 Å². The zero-order valence-corrected chi connectivity index (χ0v) is 11.1. The van der Waals surface area contributed by atoms with Crippen LogP contribution in [0.5, 0.6) is 0 Å². The van der Waals surface area contributed by atoms with Crippen molar-refractivity contribution in [2.75, 3.05) is 0 Å². The van der Waals surface area contributed by atoms with Gasteiger partial charge in [0.2, 0.25) is 0 Å². The minimum absolute atomic E-state index is 0.0230. The van der Waals surface area contributed by atoms with Gasteiger partial charge in [-0.25, -0.2) is 0 Å². The summed E-state index contributed by atoms with van der Waals surface area (Å²) in [6.07, 6.45) is 0.0230. The monoisotopic (exact) mass is 273 g/mol. The molecule has 1 N–H and O–H groups in total. The van der Waals surface area contributed by atoms with Crippen molar-refractivity contribution in [1.29, 1.82) is 0 Å². The minimum Gasteiger partial charge on any atom is -0.481 e. The average Bonchev–Trinajstić information content (AvgIpc) is 2.63. The summed E-state index contributed by atoms with van der Waals surface area (Å²) in [6.45, 7) is 0. The Balaban J connectivity index is 2.44. The van der Waals surface area contributed by atoms with Crippen LogP contribution in [0.1, 0.15) is 5.56 Å². The van der Waals surface area contributed by atoms with E-state index < -0.39 is 5.97 Å². The third kappa shape index (κ3) is 1.87. The Labute approximate surface area is 115 Å². The molecule has 3 nitrogen and oxygen atoms in total. The van der Waals surface area contributed by atoms with Crippen LogP contribution in [0.2, 0.25) is 5.02 Å². The lowest BCUT2D eigenvalue weighted by molar-refractivity contribution is -0.136. The van der Waals surface area contributed by atoms with Gasteiger partial charge in [0.1, 0.15) is 0 Å². The van der Waals surface area contributed by atoms with Crippen LogP contribution in [0.3, 0.4) is 0 Å². The molecule has 0 aliphatic heterocycles. The maximum absolute atomic E-state index is 11.0. The van der Waals surface area contributed by atoms with Crippen molar-refractivity contribution in [2.24, 2.45) is 7.05 Å². The predicted octanol–water partition coefficient (Wildman–Crippen LogP) is 3.61. The van der Waals surface area contributed by atoms with Crippen molar-refractivity contribution in [2.45, 2.75) is 6.42 Å². The molecule has 1 aromatic heterocycles. The third-order valence-electron chi connectivity index (χ3n) is 3.41. The van der Waals surface area contributed by atoms with Gasteiger partial charge in [-0.1, -0.05) is 29.8 Å². The lowest BCUT2D eigenvalue weighted by atomic mass is 10.1. The van der Waals surface area contributed by atoms with Gasteiger partial charge in [-0.05, 0) is 23.8 Å². The first-order chi connectivity index (χ1) is 9.08. The molecule has 0 amide bonds. The molecule has 4 heteroatoms. The number of benzene rings is 2. The summed E-state index contributed by atoms with van der Waals surface area (Å²) in [5.41, 5.74) is 2.83. The maximum atomic E-state index is 11.0. The normalized spacial score (nSPS) is 11.3. The highest BCUT2D eigenvalue weighted by Crippen LogP contribution is 2.32. The van der Waals surface area contributed by atoms with E-state index in [0.29, 0.717) is 5.02 Å². The molecule has 0 aliphatic rings. The van der Waals surface area contributed by atoms with Crippen LogP contribution in [-0.2, 0) is 18.3 Å². The summed E-state index contributed by atoms with van der Waals surface area (Å²) < 4.78 is 2.03.